The van der Waals surface area contributed by atoms with E-state index in [1.54, 1.807) is 0 Å². The summed E-state index contributed by atoms with van der Waals surface area (Å²) in [6.07, 6.45) is 7.12. The van der Waals surface area contributed by atoms with Crippen LogP contribution >= 0.6 is 0 Å². The second kappa shape index (κ2) is 7.77. The van der Waals surface area contributed by atoms with Crippen molar-refractivity contribution in [2.75, 3.05) is 26.2 Å². The Morgan fingerprint density at radius 1 is 1.10 bits per heavy atom. The minimum Gasteiger partial charge on any atom is -0.389 e. The summed E-state index contributed by atoms with van der Waals surface area (Å²) in [5, 5.41) is 9.89. The van der Waals surface area contributed by atoms with Gasteiger partial charge in [-0.2, -0.15) is 0 Å². The molecule has 0 amide bonds. The first kappa shape index (κ1) is 17.9. The first-order valence-electron chi connectivity index (χ1n) is 8.39. The van der Waals surface area contributed by atoms with Crippen LogP contribution in [0.1, 0.15) is 66.2 Å². The predicted octanol–water partition coefficient (Wildman–Crippen LogP) is 3.01. The molecule has 3 heteroatoms. The van der Waals surface area contributed by atoms with E-state index in [-0.39, 0.29) is 0 Å². The van der Waals surface area contributed by atoms with Gasteiger partial charge in [-0.05, 0) is 76.4 Å². The maximum absolute atomic E-state index is 9.89. The monoisotopic (exact) mass is 284 g/mol. The van der Waals surface area contributed by atoms with Crippen molar-refractivity contribution in [2.45, 2.75) is 71.8 Å². The zero-order valence-electron chi connectivity index (χ0n) is 14.1. The first-order chi connectivity index (χ1) is 9.24. The molecule has 2 unspecified atom stereocenters. The highest BCUT2D eigenvalue weighted by Crippen LogP contribution is 2.34. The lowest BCUT2D eigenvalue weighted by molar-refractivity contribution is 0.0563. The Morgan fingerprint density at radius 2 is 1.80 bits per heavy atom. The molecule has 0 aromatic carbocycles. The molecule has 0 aromatic rings. The van der Waals surface area contributed by atoms with Crippen LogP contribution in [0.4, 0.5) is 0 Å². The molecule has 0 aromatic heterocycles. The molecule has 1 aliphatic rings. The fourth-order valence-corrected chi connectivity index (χ4v) is 3.19. The van der Waals surface area contributed by atoms with Gasteiger partial charge in [0.05, 0.1) is 5.60 Å². The van der Waals surface area contributed by atoms with Crippen LogP contribution in [-0.4, -0.2) is 41.8 Å². The largest absolute Gasteiger partial charge is 0.389 e. The summed E-state index contributed by atoms with van der Waals surface area (Å²) in [5.41, 5.74) is 5.33. The number of likely N-dealkylation sites (tertiary alicyclic amines) is 1. The number of unbranched alkanes of at least 4 members (excludes halogenated alkanes) is 1. The van der Waals surface area contributed by atoms with E-state index in [0.717, 1.165) is 18.8 Å². The van der Waals surface area contributed by atoms with Gasteiger partial charge in [-0.3, -0.25) is 0 Å². The third-order valence-electron chi connectivity index (χ3n) is 4.92. The number of aliphatic hydroxyl groups is 1. The van der Waals surface area contributed by atoms with Gasteiger partial charge >= 0.3 is 0 Å². The standard InChI is InChI=1S/C17H36N2O/c1-16(2,3)15-8-7-12-19(13-9-15)11-6-5-10-17(4,20)14-18/h15,20H,5-14,18H2,1-4H3. The molecule has 0 radical (unpaired) electrons. The first-order valence-corrected chi connectivity index (χ1v) is 8.39. The summed E-state index contributed by atoms with van der Waals surface area (Å²) in [5.74, 6) is 0.866. The van der Waals surface area contributed by atoms with E-state index in [1.165, 1.54) is 45.3 Å². The quantitative estimate of drug-likeness (QED) is 0.737. The van der Waals surface area contributed by atoms with Crippen LogP contribution in [-0.2, 0) is 0 Å². The van der Waals surface area contributed by atoms with Gasteiger partial charge in [-0.25, -0.2) is 0 Å². The molecule has 0 aliphatic carbocycles. The van der Waals surface area contributed by atoms with E-state index in [4.69, 9.17) is 5.73 Å². The Balaban J connectivity index is 2.23. The number of rotatable bonds is 6. The summed E-state index contributed by atoms with van der Waals surface area (Å²) < 4.78 is 0. The van der Waals surface area contributed by atoms with Crippen LogP contribution < -0.4 is 5.73 Å². The molecule has 3 nitrogen and oxygen atoms in total. The van der Waals surface area contributed by atoms with Crippen LogP contribution in [0, 0.1) is 11.3 Å². The van der Waals surface area contributed by atoms with E-state index in [2.05, 4.69) is 25.7 Å². The molecule has 20 heavy (non-hydrogen) atoms. The summed E-state index contributed by atoms with van der Waals surface area (Å²) in [7, 11) is 0. The molecule has 1 fully saturated rings. The normalized spacial score (nSPS) is 25.2. The zero-order chi connectivity index (χ0) is 15.2. The highest BCUT2D eigenvalue weighted by atomic mass is 16.3. The lowest BCUT2D eigenvalue weighted by Crippen LogP contribution is -2.34. The van der Waals surface area contributed by atoms with Crippen molar-refractivity contribution in [1.82, 2.24) is 4.90 Å². The molecule has 1 aliphatic heterocycles. The Hall–Kier alpha value is -0.120. The molecule has 0 saturated carbocycles. The van der Waals surface area contributed by atoms with Gasteiger partial charge in [0.15, 0.2) is 0 Å². The van der Waals surface area contributed by atoms with E-state index in [0.29, 0.717) is 12.0 Å². The molecule has 1 heterocycles. The molecular weight excluding hydrogens is 248 g/mol. The van der Waals surface area contributed by atoms with Crippen LogP contribution in [0.15, 0.2) is 0 Å². The van der Waals surface area contributed by atoms with E-state index in [9.17, 15) is 5.11 Å². The second-order valence-electron chi connectivity index (χ2n) is 7.99. The minimum atomic E-state index is -0.671. The van der Waals surface area contributed by atoms with Crippen LogP contribution in [0.3, 0.4) is 0 Å². The molecular formula is C17H36N2O. The lowest BCUT2D eigenvalue weighted by atomic mass is 9.77. The molecule has 1 rings (SSSR count). The van der Waals surface area contributed by atoms with Crippen molar-refractivity contribution in [2.24, 2.45) is 17.1 Å². The predicted molar refractivity (Wildman–Crippen MR) is 86.8 cm³/mol. The summed E-state index contributed by atoms with van der Waals surface area (Å²) in [6.45, 7) is 13.0. The van der Waals surface area contributed by atoms with Crippen LogP contribution in [0.25, 0.3) is 0 Å². The Kier molecular flexibility index (Phi) is 6.96. The van der Waals surface area contributed by atoms with Crippen molar-refractivity contribution < 1.29 is 5.11 Å². The number of hydrogen-bond acceptors (Lipinski definition) is 3. The second-order valence-corrected chi connectivity index (χ2v) is 7.99. The van der Waals surface area contributed by atoms with Gasteiger partial charge in [0.25, 0.3) is 0 Å². The molecule has 0 bridgehead atoms. The van der Waals surface area contributed by atoms with Crippen molar-refractivity contribution in [1.29, 1.82) is 0 Å². The maximum Gasteiger partial charge on any atom is 0.0741 e. The number of nitrogens with zero attached hydrogens (tertiary/aromatic N) is 1. The van der Waals surface area contributed by atoms with Gasteiger partial charge in [-0.1, -0.05) is 20.8 Å². The van der Waals surface area contributed by atoms with Gasteiger partial charge in [-0.15, -0.1) is 0 Å². The SMILES string of the molecule is CC(O)(CN)CCCCN1CCCC(C(C)(C)C)CC1. The average molecular weight is 284 g/mol. The van der Waals surface area contributed by atoms with Crippen LogP contribution in [0.2, 0.25) is 0 Å². The fourth-order valence-electron chi connectivity index (χ4n) is 3.19. The zero-order valence-corrected chi connectivity index (χ0v) is 14.1. The van der Waals surface area contributed by atoms with Gasteiger partial charge in [0, 0.05) is 6.54 Å². The Labute approximate surface area is 125 Å². The smallest absolute Gasteiger partial charge is 0.0741 e. The number of nitrogens with two attached hydrogens (primary N) is 1. The molecule has 3 N–H and O–H groups in total. The van der Waals surface area contributed by atoms with Crippen molar-refractivity contribution in [3.63, 3.8) is 0 Å². The van der Waals surface area contributed by atoms with E-state index in [1.807, 2.05) is 6.92 Å². The third-order valence-corrected chi connectivity index (χ3v) is 4.92. The topological polar surface area (TPSA) is 49.5 Å². The Morgan fingerprint density at radius 3 is 2.40 bits per heavy atom. The highest BCUT2D eigenvalue weighted by Gasteiger charge is 2.26. The minimum absolute atomic E-state index is 0.365. The molecule has 120 valence electrons. The van der Waals surface area contributed by atoms with Crippen molar-refractivity contribution >= 4 is 0 Å². The van der Waals surface area contributed by atoms with Crippen molar-refractivity contribution in [3.8, 4) is 0 Å². The van der Waals surface area contributed by atoms with Crippen molar-refractivity contribution in [3.05, 3.63) is 0 Å². The molecule has 2 atom stereocenters. The summed E-state index contributed by atoms with van der Waals surface area (Å²) >= 11 is 0. The fraction of sp³-hybridized carbons (Fsp3) is 1.00. The lowest BCUT2D eigenvalue weighted by Gasteiger charge is -2.29. The average Bonchev–Trinajstić information content (AvgIpc) is 2.60. The molecule has 1 saturated heterocycles. The Bertz CT molecular complexity index is 271. The summed E-state index contributed by atoms with van der Waals surface area (Å²) in [4.78, 5) is 2.61. The maximum atomic E-state index is 9.89. The number of hydrogen-bond donors (Lipinski definition) is 2. The van der Waals surface area contributed by atoms with Gasteiger partial charge < -0.3 is 15.7 Å². The van der Waals surface area contributed by atoms with Gasteiger partial charge in [0.2, 0.25) is 0 Å². The summed E-state index contributed by atoms with van der Waals surface area (Å²) in [6, 6.07) is 0. The highest BCUT2D eigenvalue weighted by molar-refractivity contribution is 4.79. The van der Waals surface area contributed by atoms with Crippen LogP contribution in [0.5, 0.6) is 0 Å². The van der Waals surface area contributed by atoms with Gasteiger partial charge in [0.1, 0.15) is 0 Å². The van der Waals surface area contributed by atoms with E-state index >= 15 is 0 Å². The van der Waals surface area contributed by atoms with E-state index < -0.39 is 5.60 Å². The molecule has 0 spiro atoms. The third kappa shape index (κ3) is 6.55.